The summed E-state index contributed by atoms with van der Waals surface area (Å²) in [5.74, 6) is 0.377. The molecule has 0 amide bonds. The maximum atomic E-state index is 11.7. The van der Waals surface area contributed by atoms with Gasteiger partial charge in [-0.05, 0) is 44.0 Å². The number of nitrogens with zero attached hydrogens (tertiary/aromatic N) is 2. The van der Waals surface area contributed by atoms with Crippen molar-refractivity contribution in [3.05, 3.63) is 29.8 Å². The third kappa shape index (κ3) is 2.41. The molecule has 1 N–H and O–H groups in total. The molecule has 1 unspecified atom stereocenters. The van der Waals surface area contributed by atoms with Gasteiger partial charge in [0.15, 0.2) is 17.1 Å². The molecule has 1 fully saturated rings. The van der Waals surface area contributed by atoms with Crippen molar-refractivity contribution < 1.29 is 19.2 Å². The van der Waals surface area contributed by atoms with Crippen LogP contribution in [0.15, 0.2) is 28.8 Å². The van der Waals surface area contributed by atoms with E-state index in [2.05, 4.69) is 12.1 Å². The molecular weight excluding hydrogens is 284 g/mol. The fourth-order valence-corrected chi connectivity index (χ4v) is 2.86. The van der Waals surface area contributed by atoms with Crippen molar-refractivity contribution in [2.45, 2.75) is 25.8 Å². The minimum absolute atomic E-state index is 0.124. The molecule has 0 saturated carbocycles. The van der Waals surface area contributed by atoms with Crippen LogP contribution in [0.25, 0.3) is 11.3 Å². The second-order valence-corrected chi connectivity index (χ2v) is 5.43. The van der Waals surface area contributed by atoms with Crippen LogP contribution in [0, 0.1) is 0 Å². The Morgan fingerprint density at radius 3 is 2.68 bits per heavy atom. The topological polar surface area (TPSA) is 75.8 Å². The van der Waals surface area contributed by atoms with Gasteiger partial charge < -0.3 is 19.3 Å². The van der Waals surface area contributed by atoms with Gasteiger partial charge in [0.25, 0.3) is 0 Å². The molecule has 2 aromatic rings. The van der Waals surface area contributed by atoms with E-state index in [1.165, 1.54) is 0 Å². The molecule has 3 rings (SSSR count). The Labute approximate surface area is 128 Å². The van der Waals surface area contributed by atoms with Crippen LogP contribution in [0.4, 0.5) is 5.82 Å². The Morgan fingerprint density at radius 2 is 2.14 bits per heavy atom. The quantitative estimate of drug-likeness (QED) is 0.935. The molecule has 22 heavy (non-hydrogen) atoms. The average molecular weight is 302 g/mol. The number of hydrogen-bond acceptors (Lipinski definition) is 5. The van der Waals surface area contributed by atoms with Crippen LogP contribution in [0.1, 0.15) is 30.1 Å². The number of benzene rings is 1. The summed E-state index contributed by atoms with van der Waals surface area (Å²) in [6.07, 6.45) is 2.06. The van der Waals surface area contributed by atoms with Crippen molar-refractivity contribution in [2.75, 3.05) is 18.6 Å². The lowest BCUT2D eigenvalue weighted by molar-refractivity contribution is 0.0698. The van der Waals surface area contributed by atoms with Crippen molar-refractivity contribution >= 4 is 11.8 Å². The maximum absolute atomic E-state index is 11.7. The van der Waals surface area contributed by atoms with Crippen LogP contribution in [0.5, 0.6) is 5.75 Å². The Morgan fingerprint density at radius 1 is 1.41 bits per heavy atom. The van der Waals surface area contributed by atoms with Crippen molar-refractivity contribution in [3.8, 4) is 17.1 Å². The Balaban J connectivity index is 2.04. The zero-order valence-corrected chi connectivity index (χ0v) is 12.6. The number of carboxylic acids is 1. The van der Waals surface area contributed by atoms with E-state index in [4.69, 9.17) is 9.26 Å². The van der Waals surface area contributed by atoms with Crippen LogP contribution in [-0.2, 0) is 0 Å². The van der Waals surface area contributed by atoms with Gasteiger partial charge in [0, 0.05) is 18.2 Å². The lowest BCUT2D eigenvalue weighted by atomic mass is 10.1. The molecule has 0 bridgehead atoms. The second kappa shape index (κ2) is 5.71. The lowest BCUT2D eigenvalue weighted by Crippen LogP contribution is -2.28. The van der Waals surface area contributed by atoms with Gasteiger partial charge in [0.05, 0.1) is 7.11 Å². The number of anilines is 1. The van der Waals surface area contributed by atoms with E-state index in [1.54, 1.807) is 31.4 Å². The first kappa shape index (κ1) is 14.4. The maximum Gasteiger partial charge on any atom is 0.343 e. The summed E-state index contributed by atoms with van der Waals surface area (Å²) < 4.78 is 10.5. The van der Waals surface area contributed by atoms with Crippen molar-refractivity contribution in [2.24, 2.45) is 0 Å². The summed E-state index contributed by atoms with van der Waals surface area (Å²) in [6.45, 7) is 2.87. The summed E-state index contributed by atoms with van der Waals surface area (Å²) in [6, 6.07) is 7.34. The van der Waals surface area contributed by atoms with E-state index in [0.29, 0.717) is 17.1 Å². The zero-order chi connectivity index (χ0) is 15.7. The van der Waals surface area contributed by atoms with Crippen LogP contribution in [-0.4, -0.2) is 35.9 Å². The summed E-state index contributed by atoms with van der Waals surface area (Å²) in [7, 11) is 1.58. The van der Waals surface area contributed by atoms with Crippen LogP contribution < -0.4 is 9.64 Å². The van der Waals surface area contributed by atoms with Gasteiger partial charge in [-0.3, -0.25) is 0 Å². The minimum atomic E-state index is -1.03. The molecule has 1 atom stereocenters. The summed E-state index contributed by atoms with van der Waals surface area (Å²) >= 11 is 0. The highest BCUT2D eigenvalue weighted by Gasteiger charge is 2.31. The Hall–Kier alpha value is -2.50. The first-order valence-corrected chi connectivity index (χ1v) is 7.26. The van der Waals surface area contributed by atoms with E-state index in [1.807, 2.05) is 4.90 Å². The summed E-state index contributed by atoms with van der Waals surface area (Å²) in [5, 5.41) is 13.6. The van der Waals surface area contributed by atoms with Gasteiger partial charge in [-0.25, -0.2) is 4.79 Å². The molecule has 1 saturated heterocycles. The smallest absolute Gasteiger partial charge is 0.343 e. The number of ether oxygens (including phenoxy) is 1. The highest BCUT2D eigenvalue weighted by Crippen LogP contribution is 2.35. The number of hydrogen-bond donors (Lipinski definition) is 1. The van der Waals surface area contributed by atoms with Crippen molar-refractivity contribution in [3.63, 3.8) is 0 Å². The number of methoxy groups -OCH3 is 1. The molecule has 6 nitrogen and oxygen atoms in total. The van der Waals surface area contributed by atoms with Crippen LogP contribution >= 0.6 is 0 Å². The van der Waals surface area contributed by atoms with Crippen LogP contribution in [0.2, 0.25) is 0 Å². The highest BCUT2D eigenvalue weighted by molar-refractivity contribution is 5.99. The molecule has 2 heterocycles. The predicted octanol–water partition coefficient (Wildman–Crippen LogP) is 3.04. The fourth-order valence-electron chi connectivity index (χ4n) is 2.86. The highest BCUT2D eigenvalue weighted by atomic mass is 16.5. The van der Waals surface area contributed by atoms with Crippen molar-refractivity contribution in [1.82, 2.24) is 5.16 Å². The Bertz CT molecular complexity index is 678. The molecule has 0 aliphatic carbocycles. The third-order valence-corrected chi connectivity index (χ3v) is 4.07. The fraction of sp³-hybridized carbons (Fsp3) is 0.375. The molecule has 6 heteroatoms. The third-order valence-electron chi connectivity index (χ3n) is 4.07. The van der Waals surface area contributed by atoms with E-state index >= 15 is 0 Å². The zero-order valence-electron chi connectivity index (χ0n) is 12.6. The monoisotopic (exact) mass is 302 g/mol. The number of rotatable bonds is 4. The van der Waals surface area contributed by atoms with Crippen LogP contribution in [0.3, 0.4) is 0 Å². The normalized spacial score (nSPS) is 17.7. The van der Waals surface area contributed by atoms with E-state index < -0.39 is 5.97 Å². The SMILES string of the molecule is COc1ccc(-c2onc(N3CCCC3C)c2C(=O)O)cc1. The standard InChI is InChI=1S/C16H18N2O4/c1-10-4-3-9-18(10)15-13(16(19)20)14(22-17-15)11-5-7-12(21-2)8-6-11/h5-8,10H,3-4,9H2,1-2H3,(H,19,20). The largest absolute Gasteiger partial charge is 0.497 e. The van der Waals surface area contributed by atoms with E-state index in [-0.39, 0.29) is 17.4 Å². The summed E-state index contributed by atoms with van der Waals surface area (Å²) in [4.78, 5) is 13.7. The first-order chi connectivity index (χ1) is 10.6. The number of carboxylic acid groups (broad SMARTS) is 1. The second-order valence-electron chi connectivity index (χ2n) is 5.43. The predicted molar refractivity (Wildman–Crippen MR) is 81.5 cm³/mol. The van der Waals surface area contributed by atoms with E-state index in [9.17, 15) is 9.90 Å². The van der Waals surface area contributed by atoms with Gasteiger partial charge in [0.1, 0.15) is 5.75 Å². The molecule has 0 spiro atoms. The number of carbonyl (C=O) groups is 1. The van der Waals surface area contributed by atoms with Gasteiger partial charge in [-0.15, -0.1) is 0 Å². The van der Waals surface area contributed by atoms with Gasteiger partial charge in [-0.1, -0.05) is 5.16 Å². The van der Waals surface area contributed by atoms with Crippen molar-refractivity contribution in [1.29, 1.82) is 0 Å². The van der Waals surface area contributed by atoms with E-state index in [0.717, 1.165) is 19.4 Å². The average Bonchev–Trinajstić information content (AvgIpc) is 3.13. The number of aromatic carboxylic acids is 1. The minimum Gasteiger partial charge on any atom is -0.497 e. The van der Waals surface area contributed by atoms with Gasteiger partial charge in [0.2, 0.25) is 0 Å². The molecule has 1 aromatic heterocycles. The molecule has 0 radical (unpaired) electrons. The lowest BCUT2D eigenvalue weighted by Gasteiger charge is -2.20. The Kier molecular flexibility index (Phi) is 3.75. The van der Waals surface area contributed by atoms with Gasteiger partial charge in [-0.2, -0.15) is 0 Å². The van der Waals surface area contributed by atoms with Gasteiger partial charge >= 0.3 is 5.97 Å². The summed E-state index contributed by atoms with van der Waals surface area (Å²) in [5.41, 5.74) is 0.794. The number of aromatic nitrogens is 1. The molecule has 116 valence electrons. The molecule has 1 aromatic carbocycles. The molecular formula is C16H18N2O4. The molecule has 1 aliphatic heterocycles. The molecule has 1 aliphatic rings. The first-order valence-electron chi connectivity index (χ1n) is 7.26.